The molecule has 0 bridgehead atoms. The van der Waals surface area contributed by atoms with Gasteiger partial charge in [0.25, 0.3) is 0 Å². The number of primary amides is 1. The number of aromatic nitrogens is 2. The van der Waals surface area contributed by atoms with Gasteiger partial charge in [0.15, 0.2) is 0 Å². The van der Waals surface area contributed by atoms with Gasteiger partial charge in [-0.1, -0.05) is 36.4 Å². The maximum atomic E-state index is 13.7. The number of alkyl halides is 3. The number of nitrogens with two attached hydrogens (primary N) is 1. The van der Waals surface area contributed by atoms with Crippen LogP contribution in [0.2, 0.25) is 0 Å². The molecule has 4 N–H and O–H groups in total. The number of hydrogen-bond donors (Lipinski definition) is 3. The Morgan fingerprint density at radius 1 is 1.17 bits per heavy atom. The Morgan fingerprint density at radius 3 is 2.58 bits per heavy atom. The van der Waals surface area contributed by atoms with Gasteiger partial charge in [-0.25, -0.2) is 9.97 Å². The Labute approximate surface area is 208 Å². The Morgan fingerprint density at radius 2 is 1.92 bits per heavy atom. The van der Waals surface area contributed by atoms with Crippen LogP contribution in [-0.4, -0.2) is 53.5 Å². The summed E-state index contributed by atoms with van der Waals surface area (Å²) in [5.41, 5.74) is 6.61. The van der Waals surface area contributed by atoms with Crippen molar-refractivity contribution in [3.63, 3.8) is 0 Å². The molecule has 0 radical (unpaired) electrons. The molecule has 7 nitrogen and oxygen atoms in total. The Bertz CT molecular complexity index is 1120. The van der Waals surface area contributed by atoms with Gasteiger partial charge in [0.05, 0.1) is 17.7 Å². The van der Waals surface area contributed by atoms with Gasteiger partial charge in [-0.3, -0.25) is 4.79 Å². The molecule has 2 aromatic rings. The lowest BCUT2D eigenvalue weighted by molar-refractivity contribution is -0.138. The number of benzene rings is 1. The van der Waals surface area contributed by atoms with Crippen LogP contribution >= 0.6 is 0 Å². The van der Waals surface area contributed by atoms with Crippen LogP contribution in [0.1, 0.15) is 28.8 Å². The van der Waals surface area contributed by atoms with E-state index in [2.05, 4.69) is 31.6 Å². The molecule has 4 rings (SSSR count). The highest BCUT2D eigenvalue weighted by Crippen LogP contribution is 2.32. The van der Waals surface area contributed by atoms with Gasteiger partial charge in [0.2, 0.25) is 11.9 Å². The highest BCUT2D eigenvalue weighted by atomic mass is 19.4. The fraction of sp³-hybridized carbons (Fsp3) is 0.423. The number of allylic oxidation sites excluding steroid dienone is 2. The van der Waals surface area contributed by atoms with E-state index in [0.717, 1.165) is 56.6 Å². The topological polar surface area (TPSA) is 96.2 Å². The van der Waals surface area contributed by atoms with Crippen LogP contribution in [0.5, 0.6) is 0 Å². The molecule has 1 aromatic heterocycles. The molecule has 1 aliphatic heterocycles. The van der Waals surface area contributed by atoms with E-state index in [1.807, 2.05) is 12.2 Å². The molecule has 1 saturated heterocycles. The molecule has 1 atom stereocenters. The molecule has 1 fully saturated rings. The van der Waals surface area contributed by atoms with Crippen LogP contribution in [0.25, 0.3) is 0 Å². The van der Waals surface area contributed by atoms with Crippen molar-refractivity contribution in [1.29, 1.82) is 0 Å². The summed E-state index contributed by atoms with van der Waals surface area (Å²) in [5, 5.41) is 6.41. The minimum Gasteiger partial charge on any atom is -0.369 e. The summed E-state index contributed by atoms with van der Waals surface area (Å²) in [5.74, 6) is 0.0361. The summed E-state index contributed by atoms with van der Waals surface area (Å²) in [7, 11) is 0. The number of carbonyl (C=O) groups excluding carboxylic acids is 1. The molecule has 1 aromatic carbocycles. The predicted octanol–water partition coefficient (Wildman–Crippen LogP) is 3.09. The van der Waals surface area contributed by atoms with E-state index < -0.39 is 17.6 Å². The number of amides is 1. The van der Waals surface area contributed by atoms with Crippen molar-refractivity contribution in [2.45, 2.75) is 31.9 Å². The zero-order chi connectivity index (χ0) is 25.5. The molecule has 2 aliphatic rings. The van der Waals surface area contributed by atoms with E-state index in [-0.39, 0.29) is 24.5 Å². The number of anilines is 1. The van der Waals surface area contributed by atoms with Crippen molar-refractivity contribution in [2.24, 2.45) is 11.7 Å². The molecule has 1 aliphatic carbocycles. The van der Waals surface area contributed by atoms with Gasteiger partial charge in [0, 0.05) is 44.6 Å². The first kappa shape index (κ1) is 25.8. The third-order valence-electron chi connectivity index (χ3n) is 6.43. The highest BCUT2D eigenvalue weighted by molar-refractivity contribution is 5.77. The number of aryl methyl sites for hydroxylation is 2. The number of nitrogens with one attached hydrogen (secondary N) is 2. The lowest BCUT2D eigenvalue weighted by Crippen LogP contribution is -2.45. The van der Waals surface area contributed by atoms with Gasteiger partial charge in [-0.15, -0.1) is 0 Å². The van der Waals surface area contributed by atoms with E-state index in [1.54, 1.807) is 24.3 Å². The summed E-state index contributed by atoms with van der Waals surface area (Å²) in [6.45, 7) is 5.07. The third-order valence-corrected chi connectivity index (χ3v) is 6.43. The van der Waals surface area contributed by atoms with Crippen molar-refractivity contribution >= 4 is 11.9 Å². The Kier molecular flexibility index (Phi) is 8.37. The van der Waals surface area contributed by atoms with Gasteiger partial charge in [0.1, 0.15) is 0 Å². The number of carbonyl (C=O) groups is 1. The maximum Gasteiger partial charge on any atom is 0.419 e. The average Bonchev–Trinajstić information content (AvgIpc) is 2.84. The fourth-order valence-corrected chi connectivity index (χ4v) is 4.57. The molecule has 1 unspecified atom stereocenters. The fourth-order valence-electron chi connectivity index (χ4n) is 4.57. The quantitative estimate of drug-likeness (QED) is 0.490. The minimum atomic E-state index is -4.57. The van der Waals surface area contributed by atoms with Gasteiger partial charge in [-0.2, -0.15) is 13.2 Å². The lowest BCUT2D eigenvalue weighted by atomic mass is 9.98. The first-order valence-electron chi connectivity index (χ1n) is 12.1. The van der Waals surface area contributed by atoms with Crippen LogP contribution < -0.4 is 16.4 Å². The van der Waals surface area contributed by atoms with E-state index >= 15 is 0 Å². The minimum absolute atomic E-state index is 0.0367. The maximum absolute atomic E-state index is 13.7. The normalized spacial score (nSPS) is 18.6. The standard InChI is InChI=1S/C26H31F3N6O/c27-26(28,29)22-16-32-25(33-21-8-5-18(6-9-21)17-35-13-11-31-12-14-35)34-23(22)10-7-19-3-1-2-4-20(19)15-24(30)36/h1-5,8-9,16,18,31H,6-7,10-15,17H2,(H2,30,36)(H,32,33,34). The second kappa shape index (κ2) is 11.7. The largest absolute Gasteiger partial charge is 0.419 e. The summed E-state index contributed by atoms with van der Waals surface area (Å²) >= 11 is 0. The van der Waals surface area contributed by atoms with Crippen LogP contribution in [0, 0.1) is 5.92 Å². The molecule has 2 heterocycles. The molecule has 10 heteroatoms. The second-order valence-corrected chi connectivity index (χ2v) is 9.15. The van der Waals surface area contributed by atoms with E-state index in [1.165, 1.54) is 0 Å². The van der Waals surface area contributed by atoms with E-state index in [0.29, 0.717) is 17.9 Å². The Balaban J connectivity index is 1.44. The molecular formula is C26H31F3N6O. The zero-order valence-corrected chi connectivity index (χ0v) is 20.0. The highest BCUT2D eigenvalue weighted by Gasteiger charge is 2.35. The van der Waals surface area contributed by atoms with Gasteiger partial charge >= 0.3 is 6.18 Å². The number of hydrogen-bond acceptors (Lipinski definition) is 6. The number of halogens is 3. The number of rotatable bonds is 9. The van der Waals surface area contributed by atoms with Gasteiger partial charge < -0.3 is 21.3 Å². The number of nitrogens with zero attached hydrogens (tertiary/aromatic N) is 3. The molecule has 0 saturated carbocycles. The van der Waals surface area contributed by atoms with Crippen LogP contribution in [0.3, 0.4) is 0 Å². The smallest absolute Gasteiger partial charge is 0.369 e. The number of piperazine rings is 1. The zero-order valence-electron chi connectivity index (χ0n) is 20.0. The van der Waals surface area contributed by atoms with Crippen molar-refractivity contribution in [3.05, 3.63) is 76.8 Å². The molecule has 36 heavy (non-hydrogen) atoms. The Hall–Kier alpha value is -3.24. The molecule has 1 amide bonds. The first-order valence-corrected chi connectivity index (χ1v) is 12.1. The summed E-state index contributed by atoms with van der Waals surface area (Å²) in [6.07, 6.45) is 3.59. The van der Waals surface area contributed by atoms with Crippen LogP contribution in [0.4, 0.5) is 19.1 Å². The van der Waals surface area contributed by atoms with Crippen molar-refractivity contribution in [2.75, 3.05) is 38.0 Å². The molecule has 192 valence electrons. The molecule has 0 spiro atoms. The van der Waals surface area contributed by atoms with E-state index in [4.69, 9.17) is 5.73 Å². The summed E-state index contributed by atoms with van der Waals surface area (Å²) < 4.78 is 41.0. The lowest BCUT2D eigenvalue weighted by Gasteiger charge is -2.30. The van der Waals surface area contributed by atoms with Crippen LogP contribution in [-0.2, 0) is 30.2 Å². The van der Waals surface area contributed by atoms with Crippen molar-refractivity contribution in [3.8, 4) is 0 Å². The van der Waals surface area contributed by atoms with E-state index in [9.17, 15) is 18.0 Å². The monoisotopic (exact) mass is 500 g/mol. The third kappa shape index (κ3) is 7.14. The first-order chi connectivity index (χ1) is 17.3. The van der Waals surface area contributed by atoms with Crippen molar-refractivity contribution in [1.82, 2.24) is 20.2 Å². The average molecular weight is 501 g/mol. The molecular weight excluding hydrogens is 469 g/mol. The van der Waals surface area contributed by atoms with Crippen molar-refractivity contribution < 1.29 is 18.0 Å². The summed E-state index contributed by atoms with van der Waals surface area (Å²) in [4.78, 5) is 22.0. The SMILES string of the molecule is NC(=O)Cc1ccccc1CCc1nc(NC2=CCC(CN3CCNCC3)C=C2)ncc1C(F)(F)F. The predicted molar refractivity (Wildman–Crippen MR) is 132 cm³/mol. The summed E-state index contributed by atoms with van der Waals surface area (Å²) in [6, 6.07) is 7.11. The second-order valence-electron chi connectivity index (χ2n) is 9.15. The van der Waals surface area contributed by atoms with Crippen LogP contribution in [0.15, 0.2) is 54.4 Å². The van der Waals surface area contributed by atoms with Gasteiger partial charge in [-0.05, 0) is 42.4 Å².